The zero-order valence-corrected chi connectivity index (χ0v) is 19.8. The highest BCUT2D eigenvalue weighted by molar-refractivity contribution is 14.0. The number of hydrogen-bond acceptors (Lipinski definition) is 3. The maximum absolute atomic E-state index is 5.04. The van der Waals surface area contributed by atoms with Crippen molar-refractivity contribution in [2.75, 3.05) is 51.6 Å². The molecule has 0 amide bonds. The molecular weight excluding hydrogens is 443 g/mol. The average molecular weight is 483 g/mol. The van der Waals surface area contributed by atoms with E-state index in [-0.39, 0.29) is 24.0 Å². The Bertz CT molecular complexity index is 392. The molecule has 6 heteroatoms. The van der Waals surface area contributed by atoms with Crippen molar-refractivity contribution in [3.8, 4) is 0 Å². The number of nitrogens with zero attached hydrogens (tertiary/aromatic N) is 3. The lowest BCUT2D eigenvalue weighted by molar-refractivity contribution is 0.162. The summed E-state index contributed by atoms with van der Waals surface area (Å²) in [6, 6.07) is 0. The Morgan fingerprint density at radius 3 is 2.72 bits per heavy atom. The fourth-order valence-corrected chi connectivity index (χ4v) is 4.96. The molecule has 2 heterocycles. The van der Waals surface area contributed by atoms with E-state index in [2.05, 4.69) is 54.6 Å². The van der Waals surface area contributed by atoms with Crippen molar-refractivity contribution in [1.29, 1.82) is 0 Å². The van der Waals surface area contributed by atoms with Gasteiger partial charge in [0.1, 0.15) is 0 Å². The predicted molar refractivity (Wildman–Crippen MR) is 124 cm³/mol. The number of thioether (sulfide) groups is 1. The van der Waals surface area contributed by atoms with Crippen molar-refractivity contribution < 1.29 is 0 Å². The van der Waals surface area contributed by atoms with E-state index < -0.39 is 0 Å². The van der Waals surface area contributed by atoms with Gasteiger partial charge in [0.25, 0.3) is 0 Å². The van der Waals surface area contributed by atoms with E-state index in [1.165, 1.54) is 44.6 Å². The van der Waals surface area contributed by atoms with Gasteiger partial charge in [0, 0.05) is 50.3 Å². The highest BCUT2D eigenvalue weighted by atomic mass is 127. The molecule has 0 bridgehead atoms. The Kier molecular flexibility index (Phi) is 11.8. The van der Waals surface area contributed by atoms with E-state index in [4.69, 9.17) is 4.99 Å². The third-order valence-electron chi connectivity index (χ3n) is 4.95. The number of hydrogen-bond donors (Lipinski definition) is 1. The molecule has 4 nitrogen and oxygen atoms in total. The smallest absolute Gasteiger partial charge is 0.193 e. The minimum Gasteiger partial charge on any atom is -0.357 e. The highest BCUT2D eigenvalue weighted by Gasteiger charge is 2.23. The van der Waals surface area contributed by atoms with Crippen LogP contribution in [-0.4, -0.2) is 72.6 Å². The van der Waals surface area contributed by atoms with Gasteiger partial charge >= 0.3 is 0 Å². The Morgan fingerprint density at radius 2 is 2.04 bits per heavy atom. The van der Waals surface area contributed by atoms with Gasteiger partial charge in [-0.05, 0) is 44.6 Å². The summed E-state index contributed by atoms with van der Waals surface area (Å²) in [6.07, 6.45) is 3.93. The molecular formula is C19H39IN4S. The summed E-state index contributed by atoms with van der Waals surface area (Å²) in [5.74, 6) is 3.88. The minimum atomic E-state index is 0. The second-order valence-electron chi connectivity index (χ2n) is 7.70. The lowest BCUT2D eigenvalue weighted by atomic mass is 9.97. The number of rotatable bonds is 6. The largest absolute Gasteiger partial charge is 0.357 e. The topological polar surface area (TPSA) is 30.9 Å². The van der Waals surface area contributed by atoms with Gasteiger partial charge in [0.2, 0.25) is 0 Å². The second-order valence-corrected chi connectivity index (χ2v) is 9.11. The van der Waals surface area contributed by atoms with E-state index >= 15 is 0 Å². The summed E-state index contributed by atoms with van der Waals surface area (Å²) in [6.45, 7) is 17.1. The van der Waals surface area contributed by atoms with Gasteiger partial charge in [0.05, 0.1) is 0 Å². The van der Waals surface area contributed by atoms with E-state index in [0.29, 0.717) is 0 Å². The lowest BCUT2D eigenvalue weighted by Gasteiger charge is -2.35. The molecule has 2 aliphatic rings. The number of nitrogens with one attached hydrogen (secondary N) is 1. The number of piperidine rings is 1. The summed E-state index contributed by atoms with van der Waals surface area (Å²) in [5, 5.41) is 4.30. The van der Waals surface area contributed by atoms with Crippen LogP contribution in [0.5, 0.6) is 0 Å². The summed E-state index contributed by atoms with van der Waals surface area (Å²) in [5.41, 5.74) is 0. The Balaban J connectivity index is 0.00000312. The zero-order valence-electron chi connectivity index (χ0n) is 16.7. The molecule has 0 aliphatic carbocycles. The van der Waals surface area contributed by atoms with Crippen LogP contribution >= 0.6 is 35.7 Å². The summed E-state index contributed by atoms with van der Waals surface area (Å²) in [7, 11) is 0. The maximum Gasteiger partial charge on any atom is 0.193 e. The van der Waals surface area contributed by atoms with Crippen LogP contribution in [0, 0.1) is 11.8 Å². The van der Waals surface area contributed by atoms with Crippen LogP contribution in [-0.2, 0) is 0 Å². The minimum absolute atomic E-state index is 0. The third kappa shape index (κ3) is 8.24. The van der Waals surface area contributed by atoms with E-state index in [0.717, 1.165) is 49.2 Å². The number of aliphatic imine (C=N–C) groups is 1. The van der Waals surface area contributed by atoms with Crippen molar-refractivity contribution in [2.24, 2.45) is 16.8 Å². The van der Waals surface area contributed by atoms with Gasteiger partial charge in [-0.25, -0.2) is 0 Å². The molecule has 0 radical (unpaired) electrons. The maximum atomic E-state index is 5.04. The SMILES string of the molecule is CCNC(=NCC1CCCN(CC(C)C)C1)N1CCSC(CC)C1.I. The average Bonchev–Trinajstić information content (AvgIpc) is 2.58. The zero-order chi connectivity index (χ0) is 17.4. The van der Waals surface area contributed by atoms with Crippen LogP contribution in [0.25, 0.3) is 0 Å². The quantitative estimate of drug-likeness (QED) is 0.355. The first-order chi connectivity index (χ1) is 11.6. The molecule has 2 unspecified atom stereocenters. The summed E-state index contributed by atoms with van der Waals surface area (Å²) >= 11 is 2.12. The molecule has 25 heavy (non-hydrogen) atoms. The number of halogens is 1. The fourth-order valence-electron chi connectivity index (χ4n) is 3.78. The van der Waals surface area contributed by atoms with Crippen molar-refractivity contribution in [3.05, 3.63) is 0 Å². The molecule has 0 aromatic rings. The number of likely N-dealkylation sites (tertiary alicyclic amines) is 1. The standard InChI is InChI=1S/C19H38N4S.HI/c1-5-18-15-23(10-11-24-18)19(20-6-2)21-12-17-8-7-9-22(14-17)13-16(3)4;/h16-18H,5-15H2,1-4H3,(H,20,21);1H. The monoisotopic (exact) mass is 482 g/mol. The van der Waals surface area contributed by atoms with E-state index in [1.54, 1.807) is 0 Å². The first-order valence-electron chi connectivity index (χ1n) is 9.99. The molecule has 2 aliphatic heterocycles. The van der Waals surface area contributed by atoms with Gasteiger partial charge < -0.3 is 15.1 Å². The third-order valence-corrected chi connectivity index (χ3v) is 6.33. The van der Waals surface area contributed by atoms with E-state index in [1.807, 2.05) is 0 Å². The first kappa shape index (κ1) is 23.3. The van der Waals surface area contributed by atoms with Gasteiger partial charge in [-0.15, -0.1) is 24.0 Å². The van der Waals surface area contributed by atoms with Crippen molar-refractivity contribution in [1.82, 2.24) is 15.1 Å². The Hall–Kier alpha value is 0.310. The van der Waals surface area contributed by atoms with Crippen molar-refractivity contribution >= 4 is 41.7 Å². The van der Waals surface area contributed by atoms with Crippen LogP contribution < -0.4 is 5.32 Å². The summed E-state index contributed by atoms with van der Waals surface area (Å²) < 4.78 is 0. The molecule has 2 rings (SSSR count). The summed E-state index contributed by atoms with van der Waals surface area (Å²) in [4.78, 5) is 10.2. The predicted octanol–water partition coefficient (Wildman–Crippen LogP) is 3.77. The number of guanidine groups is 1. The first-order valence-corrected chi connectivity index (χ1v) is 11.0. The van der Waals surface area contributed by atoms with Gasteiger partial charge in [-0.3, -0.25) is 4.99 Å². The van der Waals surface area contributed by atoms with Crippen LogP contribution in [0.15, 0.2) is 4.99 Å². The highest BCUT2D eigenvalue weighted by Crippen LogP contribution is 2.22. The van der Waals surface area contributed by atoms with Gasteiger partial charge in [0.15, 0.2) is 5.96 Å². The normalized spacial score (nSPS) is 25.8. The molecule has 2 fully saturated rings. The molecule has 0 spiro atoms. The molecule has 0 aromatic heterocycles. The van der Waals surface area contributed by atoms with Crippen LogP contribution in [0.3, 0.4) is 0 Å². The van der Waals surface area contributed by atoms with Crippen LogP contribution in [0.2, 0.25) is 0 Å². The van der Waals surface area contributed by atoms with Crippen molar-refractivity contribution in [2.45, 2.75) is 52.2 Å². The molecule has 2 saturated heterocycles. The van der Waals surface area contributed by atoms with Gasteiger partial charge in [-0.2, -0.15) is 11.8 Å². The van der Waals surface area contributed by atoms with Crippen LogP contribution in [0.4, 0.5) is 0 Å². The van der Waals surface area contributed by atoms with Gasteiger partial charge in [-0.1, -0.05) is 20.8 Å². The van der Waals surface area contributed by atoms with E-state index in [9.17, 15) is 0 Å². The molecule has 1 N–H and O–H groups in total. The molecule has 0 aromatic carbocycles. The fraction of sp³-hybridized carbons (Fsp3) is 0.947. The lowest BCUT2D eigenvalue weighted by Crippen LogP contribution is -2.48. The Labute approximate surface area is 177 Å². The molecule has 148 valence electrons. The molecule has 2 atom stereocenters. The molecule has 0 saturated carbocycles. The van der Waals surface area contributed by atoms with Crippen molar-refractivity contribution in [3.63, 3.8) is 0 Å². The second kappa shape index (κ2) is 12.7. The Morgan fingerprint density at radius 1 is 1.24 bits per heavy atom. The van der Waals surface area contributed by atoms with Crippen LogP contribution in [0.1, 0.15) is 47.0 Å².